The molecule has 0 bridgehead atoms. The van der Waals surface area contributed by atoms with Crippen molar-refractivity contribution in [3.05, 3.63) is 16.9 Å². The van der Waals surface area contributed by atoms with Crippen LogP contribution in [0.5, 0.6) is 0 Å². The summed E-state index contributed by atoms with van der Waals surface area (Å²) in [5, 5.41) is 18.2. The number of nitrogens with one attached hydrogen (secondary N) is 1. The zero-order chi connectivity index (χ0) is 12.2. The van der Waals surface area contributed by atoms with Crippen molar-refractivity contribution in [3.63, 3.8) is 0 Å². The largest absolute Gasteiger partial charge is 0.382 e. The van der Waals surface area contributed by atoms with Gasteiger partial charge in [0, 0.05) is 13.1 Å². The van der Waals surface area contributed by atoms with Crippen molar-refractivity contribution in [2.75, 3.05) is 13.1 Å². The second-order valence-corrected chi connectivity index (χ2v) is 4.53. The number of aliphatic hydroxyl groups is 1. The van der Waals surface area contributed by atoms with Crippen LogP contribution >= 0.6 is 11.6 Å². The average molecular weight is 246 g/mol. The van der Waals surface area contributed by atoms with E-state index in [1.807, 2.05) is 6.92 Å². The first-order chi connectivity index (χ1) is 7.53. The van der Waals surface area contributed by atoms with Crippen molar-refractivity contribution in [1.82, 2.24) is 15.1 Å². The molecule has 0 saturated heterocycles. The number of halogens is 1. The molecule has 16 heavy (non-hydrogen) atoms. The van der Waals surface area contributed by atoms with Crippen LogP contribution in [0.15, 0.2) is 6.20 Å². The number of rotatable bonds is 6. The second-order valence-electron chi connectivity index (χ2n) is 4.12. The highest BCUT2D eigenvalue weighted by molar-refractivity contribution is 6.31. The van der Waals surface area contributed by atoms with Crippen LogP contribution in [-0.2, 0) is 12.1 Å². The first-order valence-corrected chi connectivity index (χ1v) is 6.05. The number of hydrogen-bond donors (Lipinski definition) is 2. The third-order valence-corrected chi connectivity index (χ3v) is 2.74. The molecule has 0 fully saturated rings. The number of aromatic nitrogens is 2. The third-order valence-electron chi connectivity index (χ3n) is 2.46. The third kappa shape index (κ3) is 2.97. The molecule has 92 valence electrons. The molecule has 2 N–H and O–H groups in total. The van der Waals surface area contributed by atoms with E-state index in [1.54, 1.807) is 17.8 Å². The van der Waals surface area contributed by atoms with Gasteiger partial charge in [0.15, 0.2) is 0 Å². The Bertz CT molecular complexity index is 336. The molecule has 0 spiro atoms. The van der Waals surface area contributed by atoms with E-state index in [0.717, 1.165) is 19.5 Å². The molecule has 1 heterocycles. The fourth-order valence-electron chi connectivity index (χ4n) is 1.73. The SMILES string of the molecule is CCCn1ncc(Cl)c1C(C)(O)CNCC. The Labute approximate surface area is 102 Å². The quantitative estimate of drug-likeness (QED) is 0.803. The molecule has 0 aliphatic heterocycles. The van der Waals surface area contributed by atoms with Gasteiger partial charge in [-0.3, -0.25) is 4.68 Å². The molecule has 1 aromatic rings. The summed E-state index contributed by atoms with van der Waals surface area (Å²) in [6.45, 7) is 7.88. The number of nitrogens with zero attached hydrogens (tertiary/aromatic N) is 2. The summed E-state index contributed by atoms with van der Waals surface area (Å²) >= 11 is 6.07. The minimum Gasteiger partial charge on any atom is -0.382 e. The zero-order valence-corrected chi connectivity index (χ0v) is 10.9. The summed E-state index contributed by atoms with van der Waals surface area (Å²) in [6.07, 6.45) is 2.55. The number of hydrogen-bond acceptors (Lipinski definition) is 3. The van der Waals surface area contributed by atoms with Gasteiger partial charge in [0.25, 0.3) is 0 Å². The standard InChI is InChI=1S/C11H20ClN3O/c1-4-6-15-10(9(12)7-14-15)11(3,16)8-13-5-2/h7,13,16H,4-6,8H2,1-3H3. The highest BCUT2D eigenvalue weighted by Crippen LogP contribution is 2.27. The Morgan fingerprint density at radius 1 is 1.56 bits per heavy atom. The van der Waals surface area contributed by atoms with Gasteiger partial charge in [-0.1, -0.05) is 25.4 Å². The van der Waals surface area contributed by atoms with Gasteiger partial charge in [0.2, 0.25) is 0 Å². The van der Waals surface area contributed by atoms with E-state index in [2.05, 4.69) is 17.3 Å². The Balaban J connectivity index is 2.95. The second kappa shape index (κ2) is 5.66. The Morgan fingerprint density at radius 2 is 2.25 bits per heavy atom. The molecule has 0 aliphatic rings. The predicted molar refractivity (Wildman–Crippen MR) is 65.6 cm³/mol. The molecule has 5 heteroatoms. The van der Waals surface area contributed by atoms with Crippen LogP contribution < -0.4 is 5.32 Å². The maximum Gasteiger partial charge on any atom is 0.117 e. The predicted octanol–water partition coefficient (Wildman–Crippen LogP) is 1.76. The molecule has 0 amide bonds. The topological polar surface area (TPSA) is 50.1 Å². The lowest BCUT2D eigenvalue weighted by Crippen LogP contribution is -2.37. The number of aryl methyl sites for hydroxylation is 1. The van der Waals surface area contributed by atoms with Gasteiger partial charge in [-0.15, -0.1) is 0 Å². The first-order valence-electron chi connectivity index (χ1n) is 5.67. The van der Waals surface area contributed by atoms with Crippen LogP contribution in [0.3, 0.4) is 0 Å². The monoisotopic (exact) mass is 245 g/mol. The Morgan fingerprint density at radius 3 is 2.81 bits per heavy atom. The summed E-state index contributed by atoms with van der Waals surface area (Å²) in [5.74, 6) is 0. The van der Waals surface area contributed by atoms with Crippen LogP contribution in [0.4, 0.5) is 0 Å². The zero-order valence-electron chi connectivity index (χ0n) is 10.1. The lowest BCUT2D eigenvalue weighted by Gasteiger charge is -2.25. The highest BCUT2D eigenvalue weighted by atomic mass is 35.5. The molecule has 1 unspecified atom stereocenters. The minimum absolute atomic E-state index is 0.471. The molecule has 1 atom stereocenters. The van der Waals surface area contributed by atoms with Crippen LogP contribution in [0.25, 0.3) is 0 Å². The fraction of sp³-hybridized carbons (Fsp3) is 0.727. The smallest absolute Gasteiger partial charge is 0.117 e. The van der Waals surface area contributed by atoms with Gasteiger partial charge in [0.1, 0.15) is 5.60 Å². The van der Waals surface area contributed by atoms with E-state index in [1.165, 1.54) is 0 Å². The molecule has 1 aromatic heterocycles. The van der Waals surface area contributed by atoms with Gasteiger partial charge in [0.05, 0.1) is 16.9 Å². The van der Waals surface area contributed by atoms with Gasteiger partial charge in [-0.25, -0.2) is 0 Å². The van der Waals surface area contributed by atoms with Crippen LogP contribution in [-0.4, -0.2) is 28.0 Å². The minimum atomic E-state index is -0.987. The fourth-order valence-corrected chi connectivity index (χ4v) is 2.08. The highest BCUT2D eigenvalue weighted by Gasteiger charge is 2.29. The molecular formula is C11H20ClN3O. The summed E-state index contributed by atoms with van der Waals surface area (Å²) in [6, 6.07) is 0. The lowest BCUT2D eigenvalue weighted by molar-refractivity contribution is 0.0480. The first kappa shape index (κ1) is 13.5. The summed E-state index contributed by atoms with van der Waals surface area (Å²) in [5.41, 5.74) is -0.296. The van der Waals surface area contributed by atoms with Gasteiger partial charge < -0.3 is 10.4 Å². The van der Waals surface area contributed by atoms with E-state index in [-0.39, 0.29) is 0 Å². The lowest BCUT2D eigenvalue weighted by atomic mass is 10.0. The van der Waals surface area contributed by atoms with E-state index >= 15 is 0 Å². The van der Waals surface area contributed by atoms with Crippen molar-refractivity contribution >= 4 is 11.6 Å². The van der Waals surface area contributed by atoms with E-state index in [4.69, 9.17) is 11.6 Å². The maximum atomic E-state index is 10.4. The van der Waals surface area contributed by atoms with E-state index in [0.29, 0.717) is 17.3 Å². The van der Waals surface area contributed by atoms with E-state index < -0.39 is 5.60 Å². The van der Waals surface area contributed by atoms with Gasteiger partial charge >= 0.3 is 0 Å². The normalized spacial score (nSPS) is 15.1. The van der Waals surface area contributed by atoms with E-state index in [9.17, 15) is 5.11 Å². The molecule has 1 rings (SSSR count). The van der Waals surface area contributed by atoms with Crippen LogP contribution in [0, 0.1) is 0 Å². The van der Waals surface area contributed by atoms with Crippen LogP contribution in [0.2, 0.25) is 5.02 Å². The van der Waals surface area contributed by atoms with Crippen molar-refractivity contribution in [1.29, 1.82) is 0 Å². The summed E-state index contributed by atoms with van der Waals surface area (Å²) in [4.78, 5) is 0. The van der Waals surface area contributed by atoms with Crippen molar-refractivity contribution in [2.45, 2.75) is 39.3 Å². The summed E-state index contributed by atoms with van der Waals surface area (Å²) in [7, 11) is 0. The maximum absolute atomic E-state index is 10.4. The molecule has 0 aromatic carbocycles. The van der Waals surface area contributed by atoms with Gasteiger partial charge in [-0.05, 0) is 19.9 Å². The number of likely N-dealkylation sites (N-methyl/N-ethyl adjacent to an activating group) is 1. The van der Waals surface area contributed by atoms with Crippen molar-refractivity contribution < 1.29 is 5.11 Å². The molecule has 0 aliphatic carbocycles. The van der Waals surface area contributed by atoms with Crippen LogP contribution in [0.1, 0.15) is 32.9 Å². The Kier molecular flexibility index (Phi) is 4.77. The van der Waals surface area contributed by atoms with Gasteiger partial charge in [-0.2, -0.15) is 5.10 Å². The van der Waals surface area contributed by atoms with Crippen molar-refractivity contribution in [2.24, 2.45) is 0 Å². The molecule has 0 radical (unpaired) electrons. The summed E-state index contributed by atoms with van der Waals surface area (Å²) < 4.78 is 1.78. The van der Waals surface area contributed by atoms with Crippen molar-refractivity contribution in [3.8, 4) is 0 Å². The Hall–Kier alpha value is -0.580. The average Bonchev–Trinajstić information content (AvgIpc) is 2.58. The molecule has 0 saturated carbocycles. The molecule has 4 nitrogen and oxygen atoms in total. The molecular weight excluding hydrogens is 226 g/mol.